The number of hydrogen-bond acceptors (Lipinski definition) is 1. The van der Waals surface area contributed by atoms with Crippen LogP contribution < -0.4 is 0 Å². The molecule has 0 rings (SSSR count). The second-order valence-corrected chi connectivity index (χ2v) is 1.34. The van der Waals surface area contributed by atoms with Crippen molar-refractivity contribution < 1.29 is 18.3 Å². The van der Waals surface area contributed by atoms with Crippen LogP contribution in [0.15, 0.2) is 0 Å². The van der Waals surface area contributed by atoms with E-state index in [4.69, 9.17) is 5.11 Å². The van der Waals surface area contributed by atoms with Crippen molar-refractivity contribution in [3.05, 3.63) is 6.61 Å². The zero-order valence-electron chi connectivity index (χ0n) is 4.07. The van der Waals surface area contributed by atoms with Gasteiger partial charge in [-0.3, -0.25) is 0 Å². The molecule has 0 spiro atoms. The smallest absolute Gasteiger partial charge is 0.389 e. The van der Waals surface area contributed by atoms with Crippen molar-refractivity contribution in [1.29, 1.82) is 0 Å². The number of aliphatic hydroxyl groups excluding tert-OH is 1. The summed E-state index contributed by atoms with van der Waals surface area (Å²) in [4.78, 5) is 0. The van der Waals surface area contributed by atoms with Gasteiger partial charge in [0.25, 0.3) is 0 Å². The molecule has 0 aromatic carbocycles. The van der Waals surface area contributed by atoms with Crippen molar-refractivity contribution in [2.75, 3.05) is 0 Å². The standard InChI is InChI=1S/C4H6F3O/c5-4(6,7)2-1-3-8/h3,8H,1-2H2. The van der Waals surface area contributed by atoms with Crippen molar-refractivity contribution in [1.82, 2.24) is 0 Å². The number of hydrogen-bond donors (Lipinski definition) is 1. The van der Waals surface area contributed by atoms with E-state index in [0.717, 1.165) is 0 Å². The maximum absolute atomic E-state index is 11.1. The quantitative estimate of drug-likeness (QED) is 0.600. The van der Waals surface area contributed by atoms with Crippen LogP contribution in [0.1, 0.15) is 12.8 Å². The monoisotopic (exact) mass is 127 g/mol. The van der Waals surface area contributed by atoms with E-state index in [9.17, 15) is 13.2 Å². The Morgan fingerprint density at radius 2 is 1.88 bits per heavy atom. The van der Waals surface area contributed by atoms with E-state index in [1.807, 2.05) is 0 Å². The highest BCUT2D eigenvalue weighted by molar-refractivity contribution is 4.54. The molecule has 0 atom stereocenters. The van der Waals surface area contributed by atoms with Gasteiger partial charge in [-0.2, -0.15) is 13.2 Å². The second kappa shape index (κ2) is 2.91. The number of rotatable bonds is 2. The molecule has 49 valence electrons. The predicted molar refractivity (Wildman–Crippen MR) is 21.5 cm³/mol. The first kappa shape index (κ1) is 7.75. The zero-order chi connectivity index (χ0) is 6.62. The maximum Gasteiger partial charge on any atom is 0.389 e. The van der Waals surface area contributed by atoms with E-state index in [0.29, 0.717) is 6.61 Å². The van der Waals surface area contributed by atoms with Crippen LogP contribution in [0.5, 0.6) is 0 Å². The molecule has 0 unspecified atom stereocenters. The normalized spacial score (nSPS) is 12.0. The van der Waals surface area contributed by atoms with E-state index in [-0.39, 0.29) is 6.42 Å². The Bertz CT molecular complexity index is 58.8. The van der Waals surface area contributed by atoms with Crippen LogP contribution in [0.3, 0.4) is 0 Å². The summed E-state index contributed by atoms with van der Waals surface area (Å²) >= 11 is 0. The van der Waals surface area contributed by atoms with Gasteiger partial charge in [-0.25, -0.2) is 0 Å². The second-order valence-electron chi connectivity index (χ2n) is 1.34. The van der Waals surface area contributed by atoms with Crippen molar-refractivity contribution >= 4 is 0 Å². The molecule has 1 nitrogen and oxygen atoms in total. The Kier molecular flexibility index (Phi) is 2.82. The summed E-state index contributed by atoms with van der Waals surface area (Å²) in [5.74, 6) is 0. The van der Waals surface area contributed by atoms with E-state index >= 15 is 0 Å². The lowest BCUT2D eigenvalue weighted by Gasteiger charge is -2.01. The molecule has 0 aliphatic carbocycles. The average Bonchev–Trinajstić information content (AvgIpc) is 1.59. The van der Waals surface area contributed by atoms with E-state index < -0.39 is 12.6 Å². The molecule has 0 aliphatic heterocycles. The summed E-state index contributed by atoms with van der Waals surface area (Å²) < 4.78 is 33.3. The summed E-state index contributed by atoms with van der Waals surface area (Å²) in [6.07, 6.45) is -5.40. The maximum atomic E-state index is 11.1. The van der Waals surface area contributed by atoms with Crippen LogP contribution in [0, 0.1) is 6.61 Å². The van der Waals surface area contributed by atoms with Gasteiger partial charge in [-0.1, -0.05) is 0 Å². The predicted octanol–water partition coefficient (Wildman–Crippen LogP) is 1.86. The third-order valence-corrected chi connectivity index (χ3v) is 0.557. The Morgan fingerprint density at radius 1 is 1.38 bits per heavy atom. The number of halogens is 3. The summed E-state index contributed by atoms with van der Waals surface area (Å²) in [6.45, 7) is 0.507. The molecule has 0 aromatic heterocycles. The molecule has 1 N–H and O–H groups in total. The Balaban J connectivity index is 3.11. The average molecular weight is 127 g/mol. The number of alkyl halides is 3. The molecule has 0 bridgehead atoms. The molecule has 0 saturated carbocycles. The van der Waals surface area contributed by atoms with Crippen molar-refractivity contribution in [2.45, 2.75) is 19.0 Å². The van der Waals surface area contributed by atoms with Gasteiger partial charge in [0.05, 0.1) is 6.61 Å². The van der Waals surface area contributed by atoms with Gasteiger partial charge in [0.2, 0.25) is 0 Å². The molecule has 0 aliphatic rings. The van der Waals surface area contributed by atoms with Gasteiger partial charge in [0, 0.05) is 6.42 Å². The summed E-state index contributed by atoms with van der Waals surface area (Å²) in [5, 5.41) is 7.80. The third kappa shape index (κ3) is 5.75. The minimum absolute atomic E-state index is 0.316. The topological polar surface area (TPSA) is 20.2 Å². The Labute approximate surface area is 45.1 Å². The first-order chi connectivity index (χ1) is 3.56. The van der Waals surface area contributed by atoms with Crippen LogP contribution in [-0.4, -0.2) is 11.3 Å². The first-order valence-electron chi connectivity index (χ1n) is 2.09. The van der Waals surface area contributed by atoms with Crippen LogP contribution in [0.25, 0.3) is 0 Å². The minimum Gasteiger partial charge on any atom is -0.390 e. The number of aliphatic hydroxyl groups is 1. The zero-order valence-corrected chi connectivity index (χ0v) is 4.07. The molecular weight excluding hydrogens is 121 g/mol. The molecule has 0 fully saturated rings. The molecular formula is C4H6F3O. The molecule has 4 heteroatoms. The van der Waals surface area contributed by atoms with E-state index in [1.54, 1.807) is 0 Å². The Morgan fingerprint density at radius 3 is 2.00 bits per heavy atom. The SMILES string of the molecule is O[CH]CCC(F)(F)F. The fraction of sp³-hybridized carbons (Fsp3) is 0.750. The molecule has 0 saturated heterocycles. The van der Waals surface area contributed by atoms with E-state index in [1.165, 1.54) is 0 Å². The molecule has 1 radical (unpaired) electrons. The van der Waals surface area contributed by atoms with Crippen molar-refractivity contribution in [2.24, 2.45) is 0 Å². The summed E-state index contributed by atoms with van der Waals surface area (Å²) in [6, 6.07) is 0. The summed E-state index contributed by atoms with van der Waals surface area (Å²) in [5.41, 5.74) is 0. The van der Waals surface area contributed by atoms with Gasteiger partial charge < -0.3 is 5.11 Å². The fourth-order valence-corrected chi connectivity index (χ4v) is 0.228. The lowest BCUT2D eigenvalue weighted by molar-refractivity contribution is -0.135. The Hall–Kier alpha value is -0.250. The van der Waals surface area contributed by atoms with Gasteiger partial charge in [0.1, 0.15) is 0 Å². The first-order valence-corrected chi connectivity index (χ1v) is 2.09. The van der Waals surface area contributed by atoms with Crippen LogP contribution >= 0.6 is 0 Å². The van der Waals surface area contributed by atoms with Gasteiger partial charge >= 0.3 is 6.18 Å². The summed E-state index contributed by atoms with van der Waals surface area (Å²) in [7, 11) is 0. The molecule has 0 heterocycles. The van der Waals surface area contributed by atoms with Crippen LogP contribution in [-0.2, 0) is 0 Å². The van der Waals surface area contributed by atoms with Gasteiger partial charge in [0.15, 0.2) is 0 Å². The molecule has 0 amide bonds. The molecule has 0 aromatic rings. The highest BCUT2D eigenvalue weighted by Crippen LogP contribution is 2.21. The fourth-order valence-electron chi connectivity index (χ4n) is 0.228. The van der Waals surface area contributed by atoms with Crippen molar-refractivity contribution in [3.63, 3.8) is 0 Å². The lowest BCUT2D eigenvalue weighted by Crippen LogP contribution is -2.06. The highest BCUT2D eigenvalue weighted by Gasteiger charge is 2.25. The van der Waals surface area contributed by atoms with Gasteiger partial charge in [-0.15, -0.1) is 0 Å². The van der Waals surface area contributed by atoms with Gasteiger partial charge in [-0.05, 0) is 6.42 Å². The van der Waals surface area contributed by atoms with Crippen LogP contribution in [0.4, 0.5) is 13.2 Å². The minimum atomic E-state index is -4.14. The largest absolute Gasteiger partial charge is 0.390 e. The molecule has 8 heavy (non-hydrogen) atoms. The highest BCUT2D eigenvalue weighted by atomic mass is 19.4. The van der Waals surface area contributed by atoms with Crippen molar-refractivity contribution in [3.8, 4) is 0 Å². The van der Waals surface area contributed by atoms with E-state index in [2.05, 4.69) is 0 Å². The lowest BCUT2D eigenvalue weighted by atomic mass is 10.3. The third-order valence-electron chi connectivity index (χ3n) is 0.557. The van der Waals surface area contributed by atoms with Crippen LogP contribution in [0.2, 0.25) is 0 Å².